The molecule has 0 aliphatic heterocycles. The Morgan fingerprint density at radius 1 is 0.583 bits per heavy atom. The van der Waals surface area contributed by atoms with Crippen LogP contribution in [0.15, 0.2) is 0 Å². The van der Waals surface area contributed by atoms with Crippen LogP contribution in [0.5, 0.6) is 0 Å². The van der Waals surface area contributed by atoms with Crippen molar-refractivity contribution in [3.8, 4) is 0 Å². The highest BCUT2D eigenvalue weighted by molar-refractivity contribution is 6.07. The lowest BCUT2D eigenvalue weighted by Crippen LogP contribution is -2.61. The number of rotatable bonds is 0. The molecule has 0 amide bonds. The molecule has 2 heteroatoms. The molecule has 6 rings (SSSR count). The quantitative estimate of drug-likeness (QED) is 0.504. The van der Waals surface area contributed by atoms with E-state index in [9.17, 15) is 9.59 Å². The first-order valence-corrected chi connectivity index (χ1v) is 4.90. The topological polar surface area (TPSA) is 34.1 Å². The molecule has 6 aliphatic rings. The average Bonchev–Trinajstić information content (AvgIpc) is 2.45. The Morgan fingerprint density at radius 2 is 1.00 bits per heavy atom. The summed E-state index contributed by atoms with van der Waals surface area (Å²) in [6.45, 7) is 0. The van der Waals surface area contributed by atoms with Gasteiger partial charge in [-0.15, -0.1) is 0 Å². The molecular weight excluding hydrogens is 152 g/mol. The van der Waals surface area contributed by atoms with Crippen LogP contribution in [0.1, 0.15) is 0 Å². The zero-order valence-corrected chi connectivity index (χ0v) is 6.44. The van der Waals surface area contributed by atoms with Gasteiger partial charge in [-0.05, 0) is 23.7 Å². The number of hydrogen-bond donors (Lipinski definition) is 0. The first-order valence-electron chi connectivity index (χ1n) is 4.90. The fourth-order valence-electron chi connectivity index (χ4n) is 5.51. The second-order valence-corrected chi connectivity index (χ2v) is 5.22. The highest BCUT2D eigenvalue weighted by atomic mass is 16.1. The lowest BCUT2D eigenvalue weighted by Gasteiger charge is -2.61. The molecule has 0 aromatic carbocycles. The summed E-state index contributed by atoms with van der Waals surface area (Å²) in [6.07, 6.45) is 0. The minimum atomic E-state index is 0.229. The minimum Gasteiger partial charge on any atom is -0.299 e. The largest absolute Gasteiger partial charge is 0.299 e. The Hall–Kier alpha value is -0.660. The van der Waals surface area contributed by atoms with Crippen molar-refractivity contribution in [3.63, 3.8) is 0 Å². The normalized spacial score (nSPS) is 78.3. The predicted molar refractivity (Wildman–Crippen MR) is 37.9 cm³/mol. The van der Waals surface area contributed by atoms with E-state index in [1.807, 2.05) is 0 Å². The second kappa shape index (κ2) is 1.05. The van der Waals surface area contributed by atoms with Crippen LogP contribution in [0.3, 0.4) is 0 Å². The van der Waals surface area contributed by atoms with Crippen molar-refractivity contribution in [2.45, 2.75) is 0 Å². The molecule has 6 aliphatic carbocycles. The van der Waals surface area contributed by atoms with E-state index < -0.39 is 0 Å². The molecule has 0 aromatic heterocycles. The third-order valence-corrected chi connectivity index (χ3v) is 5.52. The molecule has 0 saturated heterocycles. The van der Waals surface area contributed by atoms with Crippen LogP contribution in [0.25, 0.3) is 0 Å². The molecule has 60 valence electrons. The number of ketones is 2. The Bertz CT molecular complexity index is 336. The van der Waals surface area contributed by atoms with E-state index in [1.165, 1.54) is 0 Å². The summed E-state index contributed by atoms with van der Waals surface area (Å²) in [5.41, 5.74) is 0. The molecule has 4 bridgehead atoms. The van der Waals surface area contributed by atoms with Gasteiger partial charge in [0.25, 0.3) is 0 Å². The van der Waals surface area contributed by atoms with E-state index in [4.69, 9.17) is 0 Å². The van der Waals surface area contributed by atoms with Crippen molar-refractivity contribution in [2.24, 2.45) is 47.3 Å². The zero-order chi connectivity index (χ0) is 7.77. The fourth-order valence-corrected chi connectivity index (χ4v) is 5.51. The van der Waals surface area contributed by atoms with Gasteiger partial charge < -0.3 is 0 Å². The lowest BCUT2D eigenvalue weighted by atomic mass is 9.41. The van der Waals surface area contributed by atoms with Crippen molar-refractivity contribution < 1.29 is 9.59 Å². The van der Waals surface area contributed by atoms with Crippen LogP contribution in [0.2, 0.25) is 0 Å². The first-order chi connectivity index (χ1) is 5.82. The molecule has 6 fully saturated rings. The molecule has 0 N–H and O–H groups in total. The smallest absolute Gasteiger partial charge is 0.140 e. The van der Waals surface area contributed by atoms with Gasteiger partial charge in [-0.3, -0.25) is 9.59 Å². The van der Waals surface area contributed by atoms with Gasteiger partial charge in [-0.1, -0.05) is 0 Å². The molecule has 6 saturated carbocycles. The van der Waals surface area contributed by atoms with E-state index in [-0.39, 0.29) is 11.8 Å². The molecule has 0 unspecified atom stereocenters. The van der Waals surface area contributed by atoms with E-state index in [2.05, 4.69) is 0 Å². The van der Waals surface area contributed by atoms with Crippen LogP contribution in [-0.2, 0) is 9.59 Å². The maximum Gasteiger partial charge on any atom is 0.140 e. The zero-order valence-electron chi connectivity index (χ0n) is 6.44. The van der Waals surface area contributed by atoms with Gasteiger partial charge >= 0.3 is 0 Å². The summed E-state index contributed by atoms with van der Waals surface area (Å²) in [6, 6.07) is 0. The summed E-state index contributed by atoms with van der Waals surface area (Å²) in [4.78, 5) is 23.4. The van der Waals surface area contributed by atoms with Gasteiger partial charge in [0.1, 0.15) is 11.6 Å². The second-order valence-electron chi connectivity index (χ2n) is 5.22. The average molecular weight is 160 g/mol. The van der Waals surface area contributed by atoms with Crippen molar-refractivity contribution in [1.29, 1.82) is 0 Å². The van der Waals surface area contributed by atoms with Crippen LogP contribution in [0, 0.1) is 47.3 Å². The van der Waals surface area contributed by atoms with Crippen molar-refractivity contribution in [2.75, 3.05) is 0 Å². The molecule has 8 atom stereocenters. The van der Waals surface area contributed by atoms with Crippen molar-refractivity contribution in [3.05, 3.63) is 0 Å². The number of carbonyl (C=O) groups is 2. The third kappa shape index (κ3) is 0.212. The molecule has 12 heavy (non-hydrogen) atoms. The van der Waals surface area contributed by atoms with Gasteiger partial charge in [0.2, 0.25) is 0 Å². The predicted octanol–water partition coefficient (Wildman–Crippen LogP) is 0.122. The van der Waals surface area contributed by atoms with E-state index >= 15 is 0 Å². The summed E-state index contributed by atoms with van der Waals surface area (Å²) >= 11 is 0. The van der Waals surface area contributed by atoms with Crippen LogP contribution in [0.4, 0.5) is 0 Å². The summed E-state index contributed by atoms with van der Waals surface area (Å²) in [5, 5.41) is 0. The Labute approximate surface area is 69.3 Å². The number of hydrogen-bond acceptors (Lipinski definition) is 2. The van der Waals surface area contributed by atoms with Gasteiger partial charge in [0.15, 0.2) is 0 Å². The Kier molecular flexibility index (Phi) is 0.450. The fraction of sp³-hybridized carbons (Fsp3) is 0.800. The standard InChI is InChI=1S/C10H8O2/c11-9-5-1-2-4(5)8-7(9)3(1)6(2)10(8)12/h1-8H/t1-,2+,3-,4+,5-,6-,7+,8-/m1/s1. The Balaban J connectivity index is 1.93. The van der Waals surface area contributed by atoms with E-state index in [0.717, 1.165) is 0 Å². The monoisotopic (exact) mass is 160 g/mol. The van der Waals surface area contributed by atoms with Crippen molar-refractivity contribution >= 4 is 11.6 Å². The maximum atomic E-state index is 11.7. The van der Waals surface area contributed by atoms with E-state index in [1.54, 1.807) is 0 Å². The van der Waals surface area contributed by atoms with Gasteiger partial charge in [0.05, 0.1) is 0 Å². The summed E-state index contributed by atoms with van der Waals surface area (Å²) < 4.78 is 0. The summed E-state index contributed by atoms with van der Waals surface area (Å²) in [7, 11) is 0. The molecule has 2 nitrogen and oxygen atoms in total. The Morgan fingerprint density at radius 3 is 1.33 bits per heavy atom. The highest BCUT2D eigenvalue weighted by Gasteiger charge is 2.90. The van der Waals surface area contributed by atoms with Gasteiger partial charge in [-0.25, -0.2) is 0 Å². The van der Waals surface area contributed by atoms with Crippen LogP contribution >= 0.6 is 0 Å². The van der Waals surface area contributed by atoms with Gasteiger partial charge in [-0.2, -0.15) is 0 Å². The maximum absolute atomic E-state index is 11.7. The van der Waals surface area contributed by atoms with Crippen LogP contribution < -0.4 is 0 Å². The molecule has 0 aromatic rings. The molecule has 0 spiro atoms. The molecular formula is C10H8O2. The number of Topliss-reactive ketones (excluding diaryl/α,β-unsaturated/α-hetero) is 2. The molecule has 0 radical (unpaired) electrons. The third-order valence-electron chi connectivity index (χ3n) is 5.52. The highest BCUT2D eigenvalue weighted by Crippen LogP contribution is 2.85. The van der Waals surface area contributed by atoms with Crippen molar-refractivity contribution in [1.82, 2.24) is 0 Å². The SMILES string of the molecule is O=C1[C@H]2[C@H]3C(=O)[C@H]4[C@@H]2[C@H]2[C@@H]1[C@H]3[C@H]42. The van der Waals surface area contributed by atoms with Gasteiger partial charge in [0, 0.05) is 23.7 Å². The molecule has 0 heterocycles. The number of carbonyl (C=O) groups excluding carboxylic acids is 2. The first kappa shape index (κ1) is 5.15. The lowest BCUT2D eigenvalue weighted by molar-refractivity contribution is -0.172. The van der Waals surface area contributed by atoms with Crippen LogP contribution in [-0.4, -0.2) is 11.6 Å². The van der Waals surface area contributed by atoms with E-state index in [0.29, 0.717) is 47.1 Å². The summed E-state index contributed by atoms with van der Waals surface area (Å²) in [5.74, 6) is 4.65. The minimum absolute atomic E-state index is 0.229.